The van der Waals surface area contributed by atoms with Crippen molar-refractivity contribution in [1.82, 2.24) is 15.1 Å². The van der Waals surface area contributed by atoms with E-state index >= 15 is 0 Å². The second kappa shape index (κ2) is 14.8. The van der Waals surface area contributed by atoms with Gasteiger partial charge in [-0.15, -0.1) is 13.2 Å². The SMILES string of the molecule is C=CCCC(=O)NC[C@H](C)OC(=O)[C@@H]1[C@H]2C(=O)N(CCCCCO)[C@H](C(=O)N(CC=C)Cc3ccccc3)[C@]23CC[C@H]1O3. The van der Waals surface area contributed by atoms with Crippen LogP contribution >= 0.6 is 0 Å². The zero-order valence-electron chi connectivity index (χ0n) is 25.1. The molecule has 1 aromatic carbocycles. The molecule has 10 heteroatoms. The minimum absolute atomic E-state index is 0.0542. The van der Waals surface area contributed by atoms with E-state index in [1.165, 1.54) is 0 Å². The highest BCUT2D eigenvalue weighted by Crippen LogP contribution is 2.59. The average molecular weight is 596 g/mol. The molecule has 0 aliphatic carbocycles. The van der Waals surface area contributed by atoms with Crippen LogP contribution in [0.5, 0.6) is 0 Å². The molecule has 2 N–H and O–H groups in total. The van der Waals surface area contributed by atoms with E-state index in [0.29, 0.717) is 64.6 Å². The fourth-order valence-corrected chi connectivity index (χ4v) is 6.77. The van der Waals surface area contributed by atoms with E-state index < -0.39 is 41.7 Å². The maximum atomic E-state index is 14.4. The fourth-order valence-electron chi connectivity index (χ4n) is 6.77. The Labute approximate surface area is 254 Å². The van der Waals surface area contributed by atoms with Crippen LogP contribution in [-0.4, -0.2) is 88.7 Å². The normalized spacial score (nSPS) is 26.1. The van der Waals surface area contributed by atoms with Gasteiger partial charge in [0, 0.05) is 32.7 Å². The third kappa shape index (κ3) is 7.02. The number of nitrogens with zero attached hydrogens (tertiary/aromatic N) is 2. The minimum Gasteiger partial charge on any atom is -0.460 e. The minimum atomic E-state index is -1.13. The predicted molar refractivity (Wildman–Crippen MR) is 160 cm³/mol. The van der Waals surface area contributed by atoms with Crippen molar-refractivity contribution in [3.8, 4) is 0 Å². The number of ether oxygens (including phenoxy) is 2. The van der Waals surface area contributed by atoms with Crippen LogP contribution in [0.1, 0.15) is 57.4 Å². The standard InChI is InChI=1S/C33H45N3O7/c1-4-6-15-26(38)34-21-23(3)42-32(41)27-25-16-17-33(43-25)28(27)30(39)36(19-11-8-12-20-37)29(33)31(40)35(18-5-2)22-24-13-9-7-10-14-24/h4-5,7,9-10,13-14,23,25,27-29,37H,1-2,6,8,11-12,15-22H2,3H3,(H,34,38)/t23-,25+,27-,28-,29+,33-/m0/s1. The van der Waals surface area contributed by atoms with Gasteiger partial charge in [0.25, 0.3) is 0 Å². The molecule has 3 heterocycles. The molecule has 1 spiro atoms. The van der Waals surface area contributed by atoms with Gasteiger partial charge in [-0.3, -0.25) is 19.2 Å². The molecule has 2 bridgehead atoms. The molecule has 1 aromatic rings. The van der Waals surface area contributed by atoms with Crippen molar-refractivity contribution in [2.45, 2.75) is 82.3 Å². The van der Waals surface area contributed by atoms with Gasteiger partial charge in [-0.1, -0.05) is 42.5 Å². The number of likely N-dealkylation sites (tertiary alicyclic amines) is 1. The van der Waals surface area contributed by atoms with Crippen LogP contribution in [-0.2, 0) is 35.2 Å². The quantitative estimate of drug-likeness (QED) is 0.161. The van der Waals surface area contributed by atoms with Crippen molar-refractivity contribution in [1.29, 1.82) is 0 Å². The highest BCUT2D eigenvalue weighted by atomic mass is 16.6. The number of nitrogens with one attached hydrogen (secondary N) is 1. The summed E-state index contributed by atoms with van der Waals surface area (Å²) in [5.74, 6) is -2.86. The molecule has 234 valence electrons. The molecule has 0 radical (unpaired) electrons. The largest absolute Gasteiger partial charge is 0.460 e. The number of carbonyl (C=O) groups excluding carboxylic acids is 4. The molecule has 0 unspecified atom stereocenters. The lowest BCUT2D eigenvalue weighted by molar-refractivity contribution is -0.159. The first-order chi connectivity index (χ1) is 20.8. The Hall–Kier alpha value is -3.50. The van der Waals surface area contributed by atoms with E-state index in [4.69, 9.17) is 9.47 Å². The number of unbranched alkanes of at least 4 members (excludes halogenated alkanes) is 2. The molecule has 3 saturated heterocycles. The lowest BCUT2D eigenvalue weighted by Crippen LogP contribution is -2.56. The van der Waals surface area contributed by atoms with Gasteiger partial charge < -0.3 is 29.7 Å². The molecule has 0 aromatic heterocycles. The summed E-state index contributed by atoms with van der Waals surface area (Å²) in [5, 5.41) is 12.0. The third-order valence-electron chi connectivity index (χ3n) is 8.72. The Morgan fingerprint density at radius 2 is 1.98 bits per heavy atom. The van der Waals surface area contributed by atoms with Gasteiger partial charge in [0.1, 0.15) is 17.7 Å². The van der Waals surface area contributed by atoms with Crippen molar-refractivity contribution in [2.24, 2.45) is 11.8 Å². The van der Waals surface area contributed by atoms with Crippen molar-refractivity contribution >= 4 is 23.7 Å². The Morgan fingerprint density at radius 1 is 1.21 bits per heavy atom. The summed E-state index contributed by atoms with van der Waals surface area (Å²) in [6.07, 6.45) is 6.00. The van der Waals surface area contributed by atoms with Crippen molar-refractivity contribution in [2.75, 3.05) is 26.2 Å². The second-order valence-corrected chi connectivity index (χ2v) is 11.7. The first-order valence-corrected chi connectivity index (χ1v) is 15.4. The molecule has 3 aliphatic heterocycles. The van der Waals surface area contributed by atoms with E-state index in [-0.39, 0.29) is 30.9 Å². The number of allylic oxidation sites excluding steroid dienone is 1. The number of fused-ring (bicyclic) bond motifs is 1. The van der Waals surface area contributed by atoms with Gasteiger partial charge in [0.2, 0.25) is 17.7 Å². The predicted octanol–water partition coefficient (Wildman–Crippen LogP) is 2.75. The zero-order chi connectivity index (χ0) is 31.0. The van der Waals surface area contributed by atoms with Gasteiger partial charge >= 0.3 is 5.97 Å². The van der Waals surface area contributed by atoms with Crippen LogP contribution in [0.2, 0.25) is 0 Å². The highest BCUT2D eigenvalue weighted by molar-refractivity contribution is 5.98. The van der Waals surface area contributed by atoms with Gasteiger partial charge in [-0.2, -0.15) is 0 Å². The maximum Gasteiger partial charge on any atom is 0.312 e. The number of hydrogen-bond donors (Lipinski definition) is 2. The lowest BCUT2D eigenvalue weighted by Gasteiger charge is -2.37. The summed E-state index contributed by atoms with van der Waals surface area (Å²) in [4.78, 5) is 57.4. The lowest BCUT2D eigenvalue weighted by atomic mass is 9.70. The third-order valence-corrected chi connectivity index (χ3v) is 8.72. The zero-order valence-corrected chi connectivity index (χ0v) is 25.1. The molecule has 3 amide bonds. The van der Waals surface area contributed by atoms with E-state index in [1.54, 1.807) is 28.9 Å². The smallest absolute Gasteiger partial charge is 0.312 e. The van der Waals surface area contributed by atoms with Crippen LogP contribution < -0.4 is 5.32 Å². The number of aliphatic hydroxyl groups excluding tert-OH is 1. The van der Waals surface area contributed by atoms with Crippen molar-refractivity contribution < 1.29 is 33.8 Å². The summed E-state index contributed by atoms with van der Waals surface area (Å²) >= 11 is 0. The summed E-state index contributed by atoms with van der Waals surface area (Å²) in [6.45, 7) is 10.3. The van der Waals surface area contributed by atoms with Crippen LogP contribution in [0.15, 0.2) is 55.6 Å². The van der Waals surface area contributed by atoms with Crippen molar-refractivity contribution in [3.63, 3.8) is 0 Å². The van der Waals surface area contributed by atoms with Crippen molar-refractivity contribution in [3.05, 3.63) is 61.2 Å². The van der Waals surface area contributed by atoms with E-state index in [2.05, 4.69) is 18.5 Å². The molecule has 4 rings (SSSR count). The number of carbonyl (C=O) groups is 4. The van der Waals surface area contributed by atoms with Crippen LogP contribution in [0.3, 0.4) is 0 Å². The van der Waals surface area contributed by atoms with Gasteiger partial charge in [0.15, 0.2) is 0 Å². The molecular formula is C33H45N3O7. The first kappa shape index (κ1) is 32.4. The van der Waals surface area contributed by atoms with E-state index in [1.807, 2.05) is 30.3 Å². The average Bonchev–Trinajstić information content (AvgIpc) is 3.64. The molecule has 6 atom stereocenters. The van der Waals surface area contributed by atoms with Crippen LogP contribution in [0.4, 0.5) is 0 Å². The van der Waals surface area contributed by atoms with E-state index in [9.17, 15) is 24.3 Å². The van der Waals surface area contributed by atoms with Crippen LogP contribution in [0, 0.1) is 11.8 Å². The number of rotatable bonds is 17. The molecule has 43 heavy (non-hydrogen) atoms. The summed E-state index contributed by atoms with van der Waals surface area (Å²) in [5.41, 5.74) is -0.174. The van der Waals surface area contributed by atoms with Gasteiger partial charge in [-0.05, 0) is 51.0 Å². The highest BCUT2D eigenvalue weighted by Gasteiger charge is 2.75. The second-order valence-electron chi connectivity index (χ2n) is 11.7. The Morgan fingerprint density at radius 3 is 2.67 bits per heavy atom. The maximum absolute atomic E-state index is 14.4. The number of hydrogen-bond acceptors (Lipinski definition) is 7. The molecule has 0 saturated carbocycles. The Balaban J connectivity index is 1.56. The Kier molecular flexibility index (Phi) is 11.2. The number of benzene rings is 1. The molecule has 3 aliphatic rings. The summed E-state index contributed by atoms with van der Waals surface area (Å²) in [7, 11) is 0. The first-order valence-electron chi connectivity index (χ1n) is 15.4. The molecular weight excluding hydrogens is 550 g/mol. The molecule has 3 fully saturated rings. The topological polar surface area (TPSA) is 125 Å². The fraction of sp³-hybridized carbons (Fsp3) is 0.576. The monoisotopic (exact) mass is 595 g/mol. The summed E-state index contributed by atoms with van der Waals surface area (Å²) in [6, 6.07) is 8.76. The van der Waals surface area contributed by atoms with Gasteiger partial charge in [-0.25, -0.2) is 0 Å². The number of esters is 1. The number of amides is 3. The van der Waals surface area contributed by atoms with E-state index in [0.717, 1.165) is 5.56 Å². The Bertz CT molecular complexity index is 1170. The summed E-state index contributed by atoms with van der Waals surface area (Å²) < 4.78 is 12.3. The number of aliphatic hydroxyl groups is 1. The van der Waals surface area contributed by atoms with Crippen LogP contribution in [0.25, 0.3) is 0 Å². The van der Waals surface area contributed by atoms with Gasteiger partial charge in [0.05, 0.1) is 24.5 Å². The molecule has 10 nitrogen and oxygen atoms in total.